The zero-order chi connectivity index (χ0) is 7.49. The molecule has 0 radical (unpaired) electrons. The first-order valence-corrected chi connectivity index (χ1v) is 3.13. The molecule has 0 fully saturated rings. The van der Waals surface area contributed by atoms with E-state index in [1.807, 2.05) is 21.1 Å². The van der Waals surface area contributed by atoms with Crippen LogP contribution in [0.5, 0.6) is 0 Å². The van der Waals surface area contributed by atoms with Gasteiger partial charge in [-0.1, -0.05) is 0 Å². The van der Waals surface area contributed by atoms with Crippen molar-refractivity contribution in [1.29, 1.82) is 0 Å². The van der Waals surface area contributed by atoms with Gasteiger partial charge < -0.3 is 18.5 Å². The normalized spacial score (nSPS) is 15.7. The summed E-state index contributed by atoms with van der Waals surface area (Å²) < 4.78 is 17.2. The molecule has 0 spiro atoms. The monoisotopic (exact) mass is 153 g/mol. The number of rotatable bonds is 3. The van der Waals surface area contributed by atoms with Crippen molar-refractivity contribution in [3.63, 3.8) is 0 Å². The molecule has 1 atom stereocenters. The van der Waals surface area contributed by atoms with E-state index in [2.05, 4.69) is 14.0 Å². The fraction of sp³-hybridized carbons (Fsp3) is 1.00. The molecule has 0 heterocycles. The SMILES string of the molecule is C[N+](C)(C)CC(F)O[PH-]. The first-order chi connectivity index (χ1) is 3.95. The van der Waals surface area contributed by atoms with Gasteiger partial charge in [0.1, 0.15) is 6.54 Å². The van der Waals surface area contributed by atoms with Crippen LogP contribution in [0.2, 0.25) is 0 Å². The highest BCUT2D eigenvalue weighted by Gasteiger charge is 2.12. The highest BCUT2D eigenvalue weighted by atomic mass is 31.0. The lowest BCUT2D eigenvalue weighted by atomic mass is 10.5. The Labute approximate surface area is 57.9 Å². The Morgan fingerprint density at radius 2 is 2.00 bits per heavy atom. The van der Waals surface area contributed by atoms with E-state index in [0.717, 1.165) is 0 Å². The first-order valence-electron chi connectivity index (χ1n) is 2.72. The molecule has 0 aliphatic heterocycles. The van der Waals surface area contributed by atoms with E-state index >= 15 is 0 Å². The minimum atomic E-state index is -1.22. The molecule has 0 saturated carbocycles. The van der Waals surface area contributed by atoms with Crippen LogP contribution in [-0.4, -0.2) is 38.5 Å². The fourth-order valence-corrected chi connectivity index (χ4v) is 0.542. The molecule has 4 heteroatoms. The van der Waals surface area contributed by atoms with Crippen molar-refractivity contribution in [3.05, 3.63) is 0 Å². The predicted molar refractivity (Wildman–Crippen MR) is 37.2 cm³/mol. The molecule has 9 heavy (non-hydrogen) atoms. The lowest BCUT2D eigenvalue weighted by molar-refractivity contribution is -0.875. The Morgan fingerprint density at radius 1 is 1.56 bits per heavy atom. The van der Waals surface area contributed by atoms with Crippen LogP contribution >= 0.6 is 9.47 Å². The largest absolute Gasteiger partial charge is 0.531 e. The van der Waals surface area contributed by atoms with Crippen LogP contribution < -0.4 is 0 Å². The van der Waals surface area contributed by atoms with Crippen molar-refractivity contribution < 1.29 is 13.4 Å². The van der Waals surface area contributed by atoms with Crippen molar-refractivity contribution in [2.24, 2.45) is 0 Å². The third kappa shape index (κ3) is 6.16. The number of hydrogen-bond acceptors (Lipinski definition) is 1. The van der Waals surface area contributed by atoms with Gasteiger partial charge in [-0.25, -0.2) is 4.39 Å². The average Bonchev–Trinajstić information content (AvgIpc) is 1.62. The Bertz CT molecular complexity index is 83.5. The summed E-state index contributed by atoms with van der Waals surface area (Å²) in [6.07, 6.45) is -1.22. The Hall–Kier alpha value is 0.280. The number of halogens is 1. The number of alkyl halides is 1. The molecule has 0 saturated heterocycles. The van der Waals surface area contributed by atoms with Crippen LogP contribution in [0.15, 0.2) is 0 Å². The number of nitrogens with zero attached hydrogens (tertiary/aromatic N) is 1. The van der Waals surface area contributed by atoms with Crippen LogP contribution in [-0.2, 0) is 4.52 Å². The zero-order valence-electron chi connectivity index (χ0n) is 6.02. The molecule has 0 aliphatic carbocycles. The van der Waals surface area contributed by atoms with Gasteiger partial charge in [0.05, 0.1) is 21.1 Å². The molecule has 0 amide bonds. The van der Waals surface area contributed by atoms with E-state index in [1.54, 1.807) is 0 Å². The van der Waals surface area contributed by atoms with Crippen molar-refractivity contribution in [3.8, 4) is 0 Å². The zero-order valence-corrected chi connectivity index (χ0v) is 7.02. The van der Waals surface area contributed by atoms with Crippen LogP contribution in [0, 0.1) is 0 Å². The van der Waals surface area contributed by atoms with Gasteiger partial charge in [-0.3, -0.25) is 0 Å². The fourth-order valence-electron chi connectivity index (χ4n) is 0.468. The molecule has 2 nitrogen and oxygen atoms in total. The highest BCUT2D eigenvalue weighted by Crippen LogP contribution is 2.03. The van der Waals surface area contributed by atoms with Crippen LogP contribution in [0.4, 0.5) is 4.39 Å². The molecular formula is C5H13FNOP. The smallest absolute Gasteiger partial charge is 0.220 e. The third-order valence-electron chi connectivity index (χ3n) is 0.819. The van der Waals surface area contributed by atoms with E-state index in [0.29, 0.717) is 11.0 Å². The topological polar surface area (TPSA) is 9.23 Å². The highest BCUT2D eigenvalue weighted by molar-refractivity contribution is 7.09. The van der Waals surface area contributed by atoms with Gasteiger partial charge in [-0.15, -0.1) is 0 Å². The van der Waals surface area contributed by atoms with Crippen molar-refractivity contribution in [1.82, 2.24) is 0 Å². The van der Waals surface area contributed by atoms with Gasteiger partial charge >= 0.3 is 0 Å². The summed E-state index contributed by atoms with van der Waals surface area (Å²) in [5, 5.41) is 0. The van der Waals surface area contributed by atoms with Crippen LogP contribution in [0.25, 0.3) is 0 Å². The molecule has 1 unspecified atom stereocenters. The summed E-state index contributed by atoms with van der Waals surface area (Å²) in [5.41, 5.74) is 0. The molecule has 0 aromatic heterocycles. The summed E-state index contributed by atoms with van der Waals surface area (Å²) >= 11 is 0. The van der Waals surface area contributed by atoms with E-state index in [-0.39, 0.29) is 0 Å². The number of quaternary nitrogens is 1. The molecular weight excluding hydrogens is 140 g/mol. The van der Waals surface area contributed by atoms with E-state index in [4.69, 9.17) is 0 Å². The van der Waals surface area contributed by atoms with Crippen molar-refractivity contribution >= 4 is 9.47 Å². The number of hydrogen-bond donors (Lipinski definition) is 0. The van der Waals surface area contributed by atoms with E-state index in [9.17, 15) is 4.39 Å². The lowest BCUT2D eigenvalue weighted by Crippen LogP contribution is -2.40. The van der Waals surface area contributed by atoms with Gasteiger partial charge in [-0.2, -0.15) is 0 Å². The Balaban J connectivity index is 3.47. The summed E-state index contributed by atoms with van der Waals surface area (Å²) in [6, 6.07) is 0. The molecule has 0 aromatic rings. The summed E-state index contributed by atoms with van der Waals surface area (Å²) in [5.74, 6) is 0. The Morgan fingerprint density at radius 3 is 2.11 bits per heavy atom. The van der Waals surface area contributed by atoms with Gasteiger partial charge in [0, 0.05) is 0 Å². The quantitative estimate of drug-likeness (QED) is 0.435. The molecule has 0 N–H and O–H groups in total. The predicted octanol–water partition coefficient (Wildman–Crippen LogP) is 1.06. The molecule has 0 rings (SSSR count). The van der Waals surface area contributed by atoms with E-state index in [1.165, 1.54) is 0 Å². The second kappa shape index (κ2) is 3.45. The molecule has 0 aliphatic rings. The van der Waals surface area contributed by atoms with Gasteiger partial charge in [0.15, 0.2) is 0 Å². The molecule has 0 aromatic carbocycles. The average molecular weight is 153 g/mol. The summed E-state index contributed by atoms with van der Waals surface area (Å²) in [6.45, 7) is 0.351. The standard InChI is InChI=1S/C5H13FNOP/c1-7(2,3)4-5(6)8-9/h5,9H,4H2,1-3H3. The van der Waals surface area contributed by atoms with Crippen LogP contribution in [0.1, 0.15) is 0 Å². The maximum Gasteiger partial charge on any atom is 0.220 e. The van der Waals surface area contributed by atoms with E-state index < -0.39 is 6.36 Å². The number of likely N-dealkylation sites (N-methyl/N-ethyl adjacent to an activating group) is 1. The van der Waals surface area contributed by atoms with Crippen molar-refractivity contribution in [2.75, 3.05) is 27.7 Å². The van der Waals surface area contributed by atoms with Gasteiger partial charge in [0.2, 0.25) is 6.36 Å². The van der Waals surface area contributed by atoms with Gasteiger partial charge in [-0.05, 0) is 0 Å². The first kappa shape index (κ1) is 9.28. The Kier molecular flexibility index (Phi) is 3.56. The lowest BCUT2D eigenvalue weighted by Gasteiger charge is -2.26. The minimum absolute atomic E-state index is 0.351. The maximum atomic E-state index is 12.3. The molecule has 0 bridgehead atoms. The summed E-state index contributed by atoms with van der Waals surface area (Å²) in [4.78, 5) is 0. The second-order valence-electron chi connectivity index (χ2n) is 3.00. The third-order valence-corrected chi connectivity index (χ3v) is 1.07. The van der Waals surface area contributed by atoms with Crippen molar-refractivity contribution in [2.45, 2.75) is 6.36 Å². The van der Waals surface area contributed by atoms with Gasteiger partial charge in [0.25, 0.3) is 0 Å². The molecule has 56 valence electrons. The summed E-state index contributed by atoms with van der Waals surface area (Å²) in [7, 11) is 8.33. The second-order valence-corrected chi connectivity index (χ2v) is 3.24. The maximum absolute atomic E-state index is 12.3. The minimum Gasteiger partial charge on any atom is -0.531 e. The van der Waals surface area contributed by atoms with Crippen LogP contribution in [0.3, 0.4) is 0 Å².